The molecule has 2 aromatic carbocycles. The summed E-state index contributed by atoms with van der Waals surface area (Å²) in [7, 11) is 0. The van der Waals surface area contributed by atoms with Crippen LogP contribution in [0.1, 0.15) is 36.0 Å². The molecular formula is C18H17ClN2O. The number of carbonyl (C=O) groups excluding carboxylic acids is 1. The van der Waals surface area contributed by atoms with Crippen molar-refractivity contribution in [3.63, 3.8) is 0 Å². The number of hydrogen-bond donors (Lipinski definition) is 1. The Hall–Kier alpha value is -2.13. The molecule has 1 aliphatic rings. The fraction of sp³-hybridized carbons (Fsp3) is 0.222. The maximum Gasteiger partial charge on any atom is 0.248 e. The largest absolute Gasteiger partial charge is 0.272 e. The zero-order chi connectivity index (χ0) is 15.5. The second kappa shape index (κ2) is 6.32. The molecular weight excluding hydrogens is 296 g/mol. The molecule has 0 fully saturated rings. The summed E-state index contributed by atoms with van der Waals surface area (Å²) in [5.74, 6) is -0.254. The van der Waals surface area contributed by atoms with E-state index in [9.17, 15) is 4.79 Å². The average Bonchev–Trinajstić information content (AvgIpc) is 2.56. The van der Waals surface area contributed by atoms with Gasteiger partial charge in [0, 0.05) is 11.4 Å². The van der Waals surface area contributed by atoms with Crippen LogP contribution in [0, 0.1) is 0 Å². The van der Waals surface area contributed by atoms with E-state index in [4.69, 9.17) is 11.6 Å². The molecule has 3 rings (SSSR count). The van der Waals surface area contributed by atoms with Crippen molar-refractivity contribution in [2.24, 2.45) is 5.10 Å². The van der Waals surface area contributed by atoms with Gasteiger partial charge in [-0.2, -0.15) is 5.10 Å². The Morgan fingerprint density at radius 3 is 2.45 bits per heavy atom. The SMILES string of the molecule is CCc1ccc([C@H]2CC(c3ccc(Cl)cc3)=NNC2=O)cc1. The van der Waals surface area contributed by atoms with Crippen molar-refractivity contribution in [1.29, 1.82) is 0 Å². The Bertz CT molecular complexity index is 705. The van der Waals surface area contributed by atoms with E-state index in [1.807, 2.05) is 36.4 Å². The fourth-order valence-corrected chi connectivity index (χ4v) is 2.74. The first kappa shape index (κ1) is 14.8. The molecule has 22 heavy (non-hydrogen) atoms. The molecule has 112 valence electrons. The molecule has 1 aliphatic heterocycles. The van der Waals surface area contributed by atoms with Crippen LogP contribution in [0.4, 0.5) is 0 Å². The highest BCUT2D eigenvalue weighted by Gasteiger charge is 2.27. The van der Waals surface area contributed by atoms with E-state index in [0.29, 0.717) is 11.4 Å². The number of carbonyl (C=O) groups is 1. The predicted molar refractivity (Wildman–Crippen MR) is 89.3 cm³/mol. The van der Waals surface area contributed by atoms with Crippen molar-refractivity contribution in [2.75, 3.05) is 0 Å². The van der Waals surface area contributed by atoms with Crippen LogP contribution in [0.25, 0.3) is 0 Å². The lowest BCUT2D eigenvalue weighted by molar-refractivity contribution is -0.122. The molecule has 0 spiro atoms. The number of amides is 1. The van der Waals surface area contributed by atoms with Gasteiger partial charge < -0.3 is 0 Å². The minimum Gasteiger partial charge on any atom is -0.272 e. The number of benzene rings is 2. The molecule has 1 N–H and O–H groups in total. The Morgan fingerprint density at radius 2 is 1.82 bits per heavy atom. The summed E-state index contributed by atoms with van der Waals surface area (Å²) in [6.45, 7) is 2.12. The average molecular weight is 313 g/mol. The van der Waals surface area contributed by atoms with Crippen LogP contribution in [0.2, 0.25) is 5.02 Å². The molecule has 0 aromatic heterocycles. The van der Waals surface area contributed by atoms with Gasteiger partial charge in [-0.25, -0.2) is 5.43 Å². The molecule has 0 aliphatic carbocycles. The minimum absolute atomic E-state index is 0.0537. The van der Waals surface area contributed by atoms with Gasteiger partial charge in [-0.15, -0.1) is 0 Å². The molecule has 1 atom stereocenters. The second-order valence-electron chi connectivity index (χ2n) is 5.39. The van der Waals surface area contributed by atoms with Crippen molar-refractivity contribution in [3.05, 3.63) is 70.2 Å². The van der Waals surface area contributed by atoms with E-state index in [0.717, 1.165) is 23.3 Å². The van der Waals surface area contributed by atoms with Crippen molar-refractivity contribution in [1.82, 2.24) is 5.43 Å². The minimum atomic E-state index is -0.200. The van der Waals surface area contributed by atoms with Crippen LogP contribution in [0.3, 0.4) is 0 Å². The number of rotatable bonds is 3. The first-order chi connectivity index (χ1) is 10.7. The van der Waals surface area contributed by atoms with Gasteiger partial charge >= 0.3 is 0 Å². The second-order valence-corrected chi connectivity index (χ2v) is 5.83. The predicted octanol–water partition coefficient (Wildman–Crippen LogP) is 3.91. The van der Waals surface area contributed by atoms with Gasteiger partial charge in [-0.3, -0.25) is 4.79 Å². The van der Waals surface area contributed by atoms with E-state index in [-0.39, 0.29) is 11.8 Å². The monoisotopic (exact) mass is 312 g/mol. The van der Waals surface area contributed by atoms with E-state index >= 15 is 0 Å². The molecule has 0 saturated heterocycles. The van der Waals surface area contributed by atoms with Crippen molar-refractivity contribution in [3.8, 4) is 0 Å². The van der Waals surface area contributed by atoms with Crippen LogP contribution in [0.5, 0.6) is 0 Å². The molecule has 4 heteroatoms. The number of hydrazone groups is 1. The van der Waals surface area contributed by atoms with Crippen molar-refractivity contribution < 1.29 is 4.79 Å². The van der Waals surface area contributed by atoms with Crippen LogP contribution in [-0.2, 0) is 11.2 Å². The lowest BCUT2D eigenvalue weighted by atomic mass is 9.89. The van der Waals surface area contributed by atoms with Crippen molar-refractivity contribution >= 4 is 23.2 Å². The maximum atomic E-state index is 12.1. The van der Waals surface area contributed by atoms with Gasteiger partial charge in [0.25, 0.3) is 0 Å². The molecule has 1 heterocycles. The summed E-state index contributed by atoms with van der Waals surface area (Å²) in [6.07, 6.45) is 1.59. The number of hydrogen-bond acceptors (Lipinski definition) is 2. The Kier molecular flexibility index (Phi) is 4.25. The van der Waals surface area contributed by atoms with Crippen LogP contribution in [0.15, 0.2) is 53.6 Å². The highest BCUT2D eigenvalue weighted by Crippen LogP contribution is 2.26. The molecule has 0 unspecified atom stereocenters. The Morgan fingerprint density at radius 1 is 1.14 bits per heavy atom. The smallest absolute Gasteiger partial charge is 0.248 e. The summed E-state index contributed by atoms with van der Waals surface area (Å²) in [6, 6.07) is 15.8. The van der Waals surface area contributed by atoms with E-state index in [2.05, 4.69) is 29.6 Å². The molecule has 3 nitrogen and oxygen atoms in total. The maximum absolute atomic E-state index is 12.1. The summed E-state index contributed by atoms with van der Waals surface area (Å²) in [5.41, 5.74) is 6.79. The highest BCUT2D eigenvalue weighted by atomic mass is 35.5. The Balaban J connectivity index is 1.85. The summed E-state index contributed by atoms with van der Waals surface area (Å²) in [5, 5.41) is 4.88. The van der Waals surface area contributed by atoms with Gasteiger partial charge in [0.1, 0.15) is 0 Å². The number of nitrogens with one attached hydrogen (secondary N) is 1. The first-order valence-corrected chi connectivity index (χ1v) is 7.76. The number of nitrogens with zero attached hydrogens (tertiary/aromatic N) is 1. The number of aryl methyl sites for hydroxylation is 1. The molecule has 0 bridgehead atoms. The summed E-state index contributed by atoms with van der Waals surface area (Å²) in [4.78, 5) is 12.1. The zero-order valence-electron chi connectivity index (χ0n) is 12.3. The summed E-state index contributed by atoms with van der Waals surface area (Å²) >= 11 is 5.92. The lowest BCUT2D eigenvalue weighted by Gasteiger charge is -2.22. The topological polar surface area (TPSA) is 41.5 Å². The van der Waals surface area contributed by atoms with Crippen LogP contribution in [-0.4, -0.2) is 11.6 Å². The van der Waals surface area contributed by atoms with E-state index in [1.165, 1.54) is 5.56 Å². The quantitative estimate of drug-likeness (QED) is 0.917. The molecule has 0 radical (unpaired) electrons. The zero-order valence-corrected chi connectivity index (χ0v) is 13.1. The van der Waals surface area contributed by atoms with Gasteiger partial charge in [0.15, 0.2) is 0 Å². The summed E-state index contributed by atoms with van der Waals surface area (Å²) < 4.78 is 0. The third-order valence-electron chi connectivity index (χ3n) is 3.98. The standard InChI is InChI=1S/C18H17ClN2O/c1-2-12-3-5-13(6-4-12)16-11-17(20-21-18(16)22)14-7-9-15(19)10-8-14/h3-10,16H,2,11H2,1H3,(H,21,22)/t16-/m1/s1. The normalized spacial score (nSPS) is 17.8. The lowest BCUT2D eigenvalue weighted by Crippen LogP contribution is -2.33. The van der Waals surface area contributed by atoms with Gasteiger partial charge in [0.2, 0.25) is 5.91 Å². The van der Waals surface area contributed by atoms with E-state index < -0.39 is 0 Å². The highest BCUT2D eigenvalue weighted by molar-refractivity contribution is 6.30. The van der Waals surface area contributed by atoms with Crippen molar-refractivity contribution in [2.45, 2.75) is 25.7 Å². The fourth-order valence-electron chi connectivity index (χ4n) is 2.61. The third kappa shape index (κ3) is 3.04. The van der Waals surface area contributed by atoms with Crippen LogP contribution < -0.4 is 5.43 Å². The van der Waals surface area contributed by atoms with Gasteiger partial charge in [-0.05, 0) is 35.2 Å². The van der Waals surface area contributed by atoms with E-state index in [1.54, 1.807) is 0 Å². The molecule has 2 aromatic rings. The molecule has 0 saturated carbocycles. The molecule has 1 amide bonds. The Labute approximate surface area is 135 Å². The van der Waals surface area contributed by atoms with Gasteiger partial charge in [0.05, 0.1) is 11.6 Å². The first-order valence-electron chi connectivity index (χ1n) is 7.38. The third-order valence-corrected chi connectivity index (χ3v) is 4.23. The van der Waals surface area contributed by atoms with Gasteiger partial charge in [-0.1, -0.05) is 54.9 Å². The van der Waals surface area contributed by atoms with Crippen LogP contribution >= 0.6 is 11.6 Å². The number of halogens is 1.